The Labute approximate surface area is 160 Å². The van der Waals surface area contributed by atoms with Gasteiger partial charge in [0.15, 0.2) is 12.6 Å². The first-order valence-corrected chi connectivity index (χ1v) is 8.52. The Morgan fingerprint density at radius 2 is 2.00 bits per heavy atom. The molecule has 0 saturated carbocycles. The monoisotopic (exact) mass is 383 g/mol. The molecule has 3 aromatic rings. The molecule has 2 aromatic carbocycles. The maximum atomic E-state index is 13.6. The number of tetrazole rings is 1. The normalized spacial score (nSPS) is 11.6. The number of hydrogen-bond acceptors (Lipinski definition) is 6. The summed E-state index contributed by atoms with van der Waals surface area (Å²) in [6, 6.07) is 12.8. The first-order valence-electron chi connectivity index (χ1n) is 8.52. The molecule has 28 heavy (non-hydrogen) atoms. The van der Waals surface area contributed by atoms with E-state index in [4.69, 9.17) is 4.74 Å². The van der Waals surface area contributed by atoms with Crippen molar-refractivity contribution in [2.75, 3.05) is 11.9 Å². The van der Waals surface area contributed by atoms with Crippen molar-refractivity contribution in [3.8, 4) is 0 Å². The van der Waals surface area contributed by atoms with E-state index in [9.17, 15) is 14.0 Å². The lowest BCUT2D eigenvalue weighted by atomic mass is 10.1. The van der Waals surface area contributed by atoms with E-state index in [2.05, 4.69) is 20.8 Å². The number of halogens is 1. The summed E-state index contributed by atoms with van der Waals surface area (Å²) in [4.78, 5) is 24.5. The minimum absolute atomic E-state index is 0.283. The number of aryl methyl sites for hydroxylation is 1. The molecule has 1 aromatic heterocycles. The number of esters is 1. The number of nitrogens with zero attached hydrogens (tertiary/aromatic N) is 4. The van der Waals surface area contributed by atoms with Gasteiger partial charge in [-0.25, -0.2) is 13.9 Å². The predicted octanol–water partition coefficient (Wildman–Crippen LogP) is 2.09. The van der Waals surface area contributed by atoms with Crippen molar-refractivity contribution in [2.45, 2.75) is 19.4 Å². The zero-order valence-corrected chi connectivity index (χ0v) is 15.1. The molecule has 0 radical (unpaired) electrons. The number of ether oxygens (including phenoxy) is 1. The van der Waals surface area contributed by atoms with Gasteiger partial charge in [0.2, 0.25) is 0 Å². The minimum Gasteiger partial charge on any atom is -0.454 e. The molecule has 1 atom stereocenters. The van der Waals surface area contributed by atoms with E-state index >= 15 is 0 Å². The topological polar surface area (TPSA) is 99.0 Å². The number of carbonyl (C=O) groups excluding carboxylic acids is 2. The minimum atomic E-state index is -0.818. The van der Waals surface area contributed by atoms with Crippen molar-refractivity contribution in [3.63, 3.8) is 0 Å². The summed E-state index contributed by atoms with van der Waals surface area (Å²) >= 11 is 0. The van der Waals surface area contributed by atoms with Gasteiger partial charge in [-0.3, -0.25) is 4.79 Å². The molecule has 0 bridgehead atoms. The molecule has 0 aliphatic rings. The van der Waals surface area contributed by atoms with Crippen LogP contribution in [0, 0.1) is 12.7 Å². The van der Waals surface area contributed by atoms with E-state index in [1.165, 1.54) is 17.1 Å². The highest BCUT2D eigenvalue weighted by Crippen LogP contribution is 2.16. The van der Waals surface area contributed by atoms with Gasteiger partial charge in [0.05, 0.1) is 0 Å². The van der Waals surface area contributed by atoms with Crippen LogP contribution in [-0.4, -0.2) is 38.7 Å². The molecule has 0 saturated heterocycles. The van der Waals surface area contributed by atoms with Crippen molar-refractivity contribution in [1.29, 1.82) is 0 Å². The molecule has 0 aliphatic carbocycles. The van der Waals surface area contributed by atoms with Gasteiger partial charge in [-0.2, -0.15) is 0 Å². The van der Waals surface area contributed by atoms with Gasteiger partial charge in [0.1, 0.15) is 12.1 Å². The highest BCUT2D eigenvalue weighted by Gasteiger charge is 2.24. The van der Waals surface area contributed by atoms with Crippen LogP contribution in [0.4, 0.5) is 10.1 Å². The number of hydrogen-bond donors (Lipinski definition) is 1. The van der Waals surface area contributed by atoms with E-state index in [0.717, 1.165) is 5.56 Å². The van der Waals surface area contributed by atoms with Gasteiger partial charge in [-0.05, 0) is 40.6 Å². The maximum Gasteiger partial charge on any atom is 0.331 e. The van der Waals surface area contributed by atoms with Gasteiger partial charge in [-0.15, -0.1) is 5.10 Å². The molecule has 144 valence electrons. The number of nitrogens with one attached hydrogen (secondary N) is 1. The summed E-state index contributed by atoms with van der Waals surface area (Å²) in [6.07, 6.45) is 1.61. The molecule has 3 rings (SSSR count). The molecule has 0 unspecified atom stereocenters. The second kappa shape index (κ2) is 8.85. The summed E-state index contributed by atoms with van der Waals surface area (Å²) in [5.74, 6) is -1.66. The largest absolute Gasteiger partial charge is 0.454 e. The van der Waals surface area contributed by atoms with Crippen LogP contribution in [0.15, 0.2) is 54.9 Å². The van der Waals surface area contributed by atoms with Gasteiger partial charge in [-0.1, -0.05) is 36.4 Å². The van der Waals surface area contributed by atoms with Crippen LogP contribution in [0.3, 0.4) is 0 Å². The quantitative estimate of drug-likeness (QED) is 0.627. The van der Waals surface area contributed by atoms with Crippen LogP contribution in [-0.2, 0) is 20.7 Å². The Balaban J connectivity index is 1.61. The average molecular weight is 383 g/mol. The Kier molecular flexibility index (Phi) is 6.05. The maximum absolute atomic E-state index is 13.6. The lowest BCUT2D eigenvalue weighted by Gasteiger charge is -2.15. The molecular formula is C19H18FN5O3. The summed E-state index contributed by atoms with van der Waals surface area (Å²) in [7, 11) is 0. The number of amides is 1. The SMILES string of the molecule is Cc1ccc(NC(=O)COC(=O)[C@@H](Cc2ccccc2)n2cnnn2)cc1F. The fraction of sp³-hybridized carbons (Fsp3) is 0.211. The van der Waals surface area contributed by atoms with Gasteiger partial charge < -0.3 is 10.1 Å². The number of benzene rings is 2. The summed E-state index contributed by atoms with van der Waals surface area (Å²) in [6.45, 7) is 1.11. The lowest BCUT2D eigenvalue weighted by molar-refractivity contribution is -0.151. The molecular weight excluding hydrogens is 365 g/mol. The third-order valence-electron chi connectivity index (χ3n) is 4.03. The Hall–Kier alpha value is -3.62. The van der Waals surface area contributed by atoms with Crippen LogP contribution < -0.4 is 5.32 Å². The van der Waals surface area contributed by atoms with Crippen molar-refractivity contribution < 1.29 is 18.7 Å². The van der Waals surface area contributed by atoms with Crippen molar-refractivity contribution in [3.05, 3.63) is 71.8 Å². The van der Waals surface area contributed by atoms with E-state index in [1.54, 1.807) is 19.1 Å². The summed E-state index contributed by atoms with van der Waals surface area (Å²) in [5, 5.41) is 13.3. The third kappa shape index (κ3) is 4.97. The van der Waals surface area contributed by atoms with Gasteiger partial charge in [0.25, 0.3) is 5.91 Å². The second-order valence-corrected chi connectivity index (χ2v) is 6.12. The number of carbonyl (C=O) groups is 2. The van der Waals surface area contributed by atoms with Crippen LogP contribution in [0.2, 0.25) is 0 Å². The average Bonchev–Trinajstić information content (AvgIpc) is 3.22. The van der Waals surface area contributed by atoms with Crippen LogP contribution in [0.5, 0.6) is 0 Å². The zero-order valence-electron chi connectivity index (χ0n) is 15.1. The molecule has 0 aliphatic heterocycles. The molecule has 1 amide bonds. The van der Waals surface area contributed by atoms with E-state index in [0.29, 0.717) is 12.0 Å². The van der Waals surface area contributed by atoms with Crippen molar-refractivity contribution in [1.82, 2.24) is 20.2 Å². The summed E-state index contributed by atoms with van der Waals surface area (Å²) < 4.78 is 20.0. The molecule has 1 heterocycles. The molecule has 1 N–H and O–H groups in total. The number of anilines is 1. The van der Waals surface area contributed by atoms with E-state index in [1.807, 2.05) is 30.3 Å². The molecule has 9 heteroatoms. The number of aromatic nitrogens is 4. The third-order valence-corrected chi connectivity index (χ3v) is 4.03. The van der Waals surface area contributed by atoms with Crippen LogP contribution >= 0.6 is 0 Å². The smallest absolute Gasteiger partial charge is 0.331 e. The molecule has 0 spiro atoms. The van der Waals surface area contributed by atoms with E-state index in [-0.39, 0.29) is 5.69 Å². The first kappa shape index (κ1) is 19.2. The molecule has 8 nitrogen and oxygen atoms in total. The lowest BCUT2D eigenvalue weighted by Crippen LogP contribution is -2.28. The Morgan fingerprint density at radius 3 is 2.68 bits per heavy atom. The highest BCUT2D eigenvalue weighted by molar-refractivity contribution is 5.93. The van der Waals surface area contributed by atoms with Crippen molar-refractivity contribution in [2.24, 2.45) is 0 Å². The van der Waals surface area contributed by atoms with Gasteiger partial charge in [0, 0.05) is 12.1 Å². The number of rotatable bonds is 7. The fourth-order valence-electron chi connectivity index (χ4n) is 2.53. The van der Waals surface area contributed by atoms with Crippen LogP contribution in [0.25, 0.3) is 0 Å². The van der Waals surface area contributed by atoms with Gasteiger partial charge >= 0.3 is 5.97 Å². The summed E-state index contributed by atoms with van der Waals surface area (Å²) in [5.41, 5.74) is 1.64. The molecule has 0 fully saturated rings. The first-order chi connectivity index (χ1) is 13.5. The zero-order chi connectivity index (χ0) is 19.9. The highest BCUT2D eigenvalue weighted by atomic mass is 19.1. The van der Waals surface area contributed by atoms with Crippen LogP contribution in [0.1, 0.15) is 17.2 Å². The standard InChI is InChI=1S/C19H18FN5O3/c1-13-7-8-15(10-16(13)20)22-18(26)11-28-19(27)17(25-12-21-23-24-25)9-14-5-3-2-4-6-14/h2-8,10,12,17H,9,11H2,1H3,(H,22,26)/t17-/m1/s1. The predicted molar refractivity (Wildman–Crippen MR) is 97.7 cm³/mol. The Bertz CT molecular complexity index is 947. The second-order valence-electron chi connectivity index (χ2n) is 6.12. The Morgan fingerprint density at radius 1 is 1.21 bits per heavy atom. The van der Waals surface area contributed by atoms with Crippen molar-refractivity contribution >= 4 is 17.6 Å². The fourth-order valence-corrected chi connectivity index (χ4v) is 2.53. The van der Waals surface area contributed by atoms with E-state index < -0.39 is 30.3 Å².